The van der Waals surface area contributed by atoms with E-state index in [0.29, 0.717) is 18.3 Å². The van der Waals surface area contributed by atoms with Crippen LogP contribution in [0.1, 0.15) is 46.5 Å². The molecule has 1 rings (SSSR count). The predicted octanol–water partition coefficient (Wildman–Crippen LogP) is 1.97. The Balaban J connectivity index is 2.43. The zero-order valence-electron chi connectivity index (χ0n) is 11.4. The van der Waals surface area contributed by atoms with Crippen LogP contribution in [0.2, 0.25) is 0 Å². The minimum atomic E-state index is -0.972. The van der Waals surface area contributed by atoms with Crippen molar-refractivity contribution in [3.05, 3.63) is 0 Å². The monoisotopic (exact) mass is 256 g/mol. The van der Waals surface area contributed by atoms with Crippen molar-refractivity contribution in [2.24, 2.45) is 11.8 Å². The highest BCUT2D eigenvalue weighted by Gasteiger charge is 2.31. The van der Waals surface area contributed by atoms with Gasteiger partial charge in [0.1, 0.15) is 6.04 Å². The lowest BCUT2D eigenvalue weighted by atomic mass is 9.98. The summed E-state index contributed by atoms with van der Waals surface area (Å²) in [6.45, 7) is 6.21. The number of carboxylic acids is 1. The van der Waals surface area contributed by atoms with Crippen molar-refractivity contribution >= 4 is 12.0 Å². The maximum atomic E-state index is 11.8. The predicted molar refractivity (Wildman–Crippen MR) is 69.3 cm³/mol. The molecule has 1 aliphatic carbocycles. The fourth-order valence-electron chi connectivity index (χ4n) is 2.48. The van der Waals surface area contributed by atoms with Crippen LogP contribution >= 0.6 is 0 Å². The Morgan fingerprint density at radius 1 is 1.33 bits per heavy atom. The molecule has 0 heterocycles. The average molecular weight is 256 g/mol. The summed E-state index contributed by atoms with van der Waals surface area (Å²) in [6.07, 6.45) is 3.28. The molecule has 0 aromatic heterocycles. The summed E-state index contributed by atoms with van der Waals surface area (Å²) in [4.78, 5) is 22.7. The molecule has 5 nitrogen and oxygen atoms in total. The van der Waals surface area contributed by atoms with E-state index in [9.17, 15) is 9.59 Å². The third-order valence-electron chi connectivity index (χ3n) is 3.96. The first-order valence-corrected chi connectivity index (χ1v) is 6.75. The second-order valence-electron chi connectivity index (χ2n) is 5.32. The van der Waals surface area contributed by atoms with Crippen molar-refractivity contribution in [2.75, 3.05) is 0 Å². The molecule has 5 heteroatoms. The Morgan fingerprint density at radius 2 is 2.00 bits per heavy atom. The summed E-state index contributed by atoms with van der Waals surface area (Å²) in [5.41, 5.74) is 0. The molecule has 18 heavy (non-hydrogen) atoms. The minimum absolute atomic E-state index is 0.163. The molecule has 0 saturated heterocycles. The van der Waals surface area contributed by atoms with E-state index in [2.05, 4.69) is 24.5 Å². The maximum absolute atomic E-state index is 11.8. The van der Waals surface area contributed by atoms with Crippen LogP contribution in [0.3, 0.4) is 0 Å². The lowest BCUT2D eigenvalue weighted by Crippen LogP contribution is -2.49. The molecule has 3 unspecified atom stereocenters. The first kappa shape index (κ1) is 14.8. The average Bonchev–Trinajstić information content (AvgIpc) is 2.60. The molecule has 0 bridgehead atoms. The molecular weight excluding hydrogens is 232 g/mol. The Kier molecular flexibility index (Phi) is 5.44. The summed E-state index contributed by atoms with van der Waals surface area (Å²) in [6, 6.07) is -0.984. The topological polar surface area (TPSA) is 78.4 Å². The van der Waals surface area contributed by atoms with Gasteiger partial charge in [-0.15, -0.1) is 0 Å². The molecule has 2 amide bonds. The van der Waals surface area contributed by atoms with Crippen molar-refractivity contribution in [3.8, 4) is 0 Å². The van der Waals surface area contributed by atoms with Gasteiger partial charge in [0.25, 0.3) is 0 Å². The van der Waals surface area contributed by atoms with E-state index < -0.39 is 12.0 Å². The first-order valence-electron chi connectivity index (χ1n) is 6.75. The highest BCUT2D eigenvalue weighted by atomic mass is 16.4. The van der Waals surface area contributed by atoms with Gasteiger partial charge in [-0.3, -0.25) is 0 Å². The summed E-state index contributed by atoms with van der Waals surface area (Å²) < 4.78 is 0. The number of rotatable bonds is 5. The van der Waals surface area contributed by atoms with Gasteiger partial charge in [0.15, 0.2) is 0 Å². The summed E-state index contributed by atoms with van der Waals surface area (Å²) in [5, 5.41) is 14.4. The number of carbonyl (C=O) groups excluding carboxylic acids is 1. The van der Waals surface area contributed by atoms with Gasteiger partial charge in [-0.1, -0.05) is 27.2 Å². The molecule has 1 saturated carbocycles. The molecule has 0 aliphatic heterocycles. The van der Waals surface area contributed by atoms with Crippen LogP contribution < -0.4 is 10.6 Å². The van der Waals surface area contributed by atoms with Crippen LogP contribution in [0.15, 0.2) is 0 Å². The van der Waals surface area contributed by atoms with E-state index >= 15 is 0 Å². The maximum Gasteiger partial charge on any atom is 0.326 e. The molecule has 104 valence electrons. The standard InChI is InChI=1S/C13H24N2O3/c1-4-5-11(12(16)17)15-13(18)14-10-7-6-8(2)9(10)3/h8-11H,4-7H2,1-3H3,(H,16,17)(H2,14,15,18)/t8?,9?,10?,11-/m0/s1. The van der Waals surface area contributed by atoms with Crippen molar-refractivity contribution in [1.82, 2.24) is 10.6 Å². The molecule has 1 fully saturated rings. The van der Waals surface area contributed by atoms with Crippen molar-refractivity contribution in [1.29, 1.82) is 0 Å². The Bertz CT molecular complexity index is 307. The normalized spacial score (nSPS) is 28.7. The van der Waals surface area contributed by atoms with Crippen LogP contribution in [0.5, 0.6) is 0 Å². The van der Waals surface area contributed by atoms with Crippen LogP contribution in [0.25, 0.3) is 0 Å². The number of carboxylic acid groups (broad SMARTS) is 1. The van der Waals surface area contributed by atoms with Gasteiger partial charge in [-0.2, -0.15) is 0 Å². The zero-order valence-corrected chi connectivity index (χ0v) is 11.4. The number of amides is 2. The Labute approximate surface area is 108 Å². The molecule has 0 radical (unpaired) electrons. The van der Waals surface area contributed by atoms with Crippen LogP contribution in [0.4, 0.5) is 4.79 Å². The van der Waals surface area contributed by atoms with Gasteiger partial charge in [0.2, 0.25) is 0 Å². The number of carbonyl (C=O) groups is 2. The molecular formula is C13H24N2O3. The zero-order chi connectivity index (χ0) is 13.7. The fraction of sp³-hybridized carbons (Fsp3) is 0.846. The Hall–Kier alpha value is -1.26. The smallest absolute Gasteiger partial charge is 0.326 e. The second kappa shape index (κ2) is 6.61. The van der Waals surface area contributed by atoms with Gasteiger partial charge in [-0.25, -0.2) is 9.59 Å². The second-order valence-corrected chi connectivity index (χ2v) is 5.32. The van der Waals surface area contributed by atoms with Gasteiger partial charge in [-0.05, 0) is 31.1 Å². The summed E-state index contributed by atoms with van der Waals surface area (Å²) >= 11 is 0. The molecule has 0 aromatic carbocycles. The third-order valence-corrected chi connectivity index (χ3v) is 3.96. The highest BCUT2D eigenvalue weighted by Crippen LogP contribution is 2.30. The van der Waals surface area contributed by atoms with Crippen LogP contribution in [-0.2, 0) is 4.79 Å². The number of aliphatic carboxylic acids is 1. The largest absolute Gasteiger partial charge is 0.480 e. The van der Waals surface area contributed by atoms with Crippen LogP contribution in [0, 0.1) is 11.8 Å². The van der Waals surface area contributed by atoms with Gasteiger partial charge >= 0.3 is 12.0 Å². The number of urea groups is 1. The summed E-state index contributed by atoms with van der Waals surface area (Å²) in [5.74, 6) is 0.0891. The molecule has 0 spiro atoms. The van der Waals surface area contributed by atoms with Crippen molar-refractivity contribution in [3.63, 3.8) is 0 Å². The lowest BCUT2D eigenvalue weighted by Gasteiger charge is -2.21. The number of hydrogen-bond acceptors (Lipinski definition) is 2. The summed E-state index contributed by atoms with van der Waals surface area (Å²) in [7, 11) is 0. The van der Waals surface area contributed by atoms with Crippen molar-refractivity contribution < 1.29 is 14.7 Å². The van der Waals surface area contributed by atoms with Gasteiger partial charge < -0.3 is 15.7 Å². The molecule has 3 N–H and O–H groups in total. The Morgan fingerprint density at radius 3 is 2.44 bits per heavy atom. The first-order chi connectivity index (χ1) is 8.45. The molecule has 4 atom stereocenters. The van der Waals surface area contributed by atoms with E-state index in [-0.39, 0.29) is 12.1 Å². The number of hydrogen-bond donors (Lipinski definition) is 3. The van der Waals surface area contributed by atoms with Gasteiger partial charge in [0, 0.05) is 6.04 Å². The quantitative estimate of drug-likeness (QED) is 0.703. The molecule has 0 aromatic rings. The van der Waals surface area contributed by atoms with Gasteiger partial charge in [0.05, 0.1) is 0 Å². The van der Waals surface area contributed by atoms with E-state index in [1.165, 1.54) is 0 Å². The van der Waals surface area contributed by atoms with E-state index in [4.69, 9.17) is 5.11 Å². The lowest BCUT2D eigenvalue weighted by molar-refractivity contribution is -0.139. The molecule has 1 aliphatic rings. The third kappa shape index (κ3) is 3.89. The minimum Gasteiger partial charge on any atom is -0.480 e. The number of nitrogens with one attached hydrogen (secondary N) is 2. The van der Waals surface area contributed by atoms with E-state index in [1.54, 1.807) is 0 Å². The van der Waals surface area contributed by atoms with Crippen LogP contribution in [-0.4, -0.2) is 29.2 Å². The highest BCUT2D eigenvalue weighted by molar-refractivity contribution is 5.82. The SMILES string of the molecule is CCC[C@H](NC(=O)NC1CCC(C)C1C)C(=O)O. The van der Waals surface area contributed by atoms with E-state index in [0.717, 1.165) is 19.3 Å². The fourth-order valence-corrected chi connectivity index (χ4v) is 2.48. The van der Waals surface area contributed by atoms with E-state index in [1.807, 2.05) is 6.92 Å². The van der Waals surface area contributed by atoms with Crippen molar-refractivity contribution in [2.45, 2.75) is 58.5 Å².